The van der Waals surface area contributed by atoms with Gasteiger partial charge in [-0.25, -0.2) is 5.43 Å². The Labute approximate surface area is 124 Å². The largest absolute Gasteiger partial charge is 0.320 e. The number of hydrazine groups is 1. The lowest BCUT2D eigenvalue weighted by Crippen LogP contribution is -2.41. The third-order valence-electron chi connectivity index (χ3n) is 2.88. The fraction of sp³-hybridized carbons (Fsp3) is 0.125. The number of halogens is 1. The van der Waals surface area contributed by atoms with Crippen molar-refractivity contribution >= 4 is 23.4 Å². The topological polar surface area (TPSA) is 50.1 Å². The predicted molar refractivity (Wildman–Crippen MR) is 86.3 cm³/mol. The molecule has 1 unspecified atom stereocenters. The molecule has 2 aromatic rings. The van der Waals surface area contributed by atoms with E-state index in [-0.39, 0.29) is 6.17 Å². The SMILES string of the molecule is C/C(=C/c1ccccc1)C(N)NNc1cccc(Cl)c1. The van der Waals surface area contributed by atoms with Gasteiger partial charge >= 0.3 is 0 Å². The fourth-order valence-corrected chi connectivity index (χ4v) is 1.93. The third kappa shape index (κ3) is 4.38. The van der Waals surface area contributed by atoms with Crippen molar-refractivity contribution in [1.29, 1.82) is 0 Å². The van der Waals surface area contributed by atoms with Crippen LogP contribution in [-0.2, 0) is 0 Å². The molecule has 2 rings (SSSR count). The first kappa shape index (κ1) is 14.6. The first-order valence-electron chi connectivity index (χ1n) is 6.41. The highest BCUT2D eigenvalue weighted by Crippen LogP contribution is 2.14. The van der Waals surface area contributed by atoms with Crippen LogP contribution in [0.25, 0.3) is 6.08 Å². The molecule has 104 valence electrons. The van der Waals surface area contributed by atoms with Gasteiger partial charge in [0.1, 0.15) is 0 Å². The number of nitrogens with two attached hydrogens (primary N) is 1. The summed E-state index contributed by atoms with van der Waals surface area (Å²) in [5, 5.41) is 0.682. The second-order valence-electron chi connectivity index (χ2n) is 4.56. The van der Waals surface area contributed by atoms with Crippen molar-refractivity contribution in [3.8, 4) is 0 Å². The van der Waals surface area contributed by atoms with Crippen LogP contribution in [0.4, 0.5) is 5.69 Å². The Kier molecular flexibility index (Phi) is 5.18. The molecule has 4 N–H and O–H groups in total. The van der Waals surface area contributed by atoms with Gasteiger partial charge in [0, 0.05) is 5.02 Å². The molecule has 2 aromatic carbocycles. The first-order chi connectivity index (χ1) is 9.65. The van der Waals surface area contributed by atoms with Crippen LogP contribution in [0.3, 0.4) is 0 Å². The van der Waals surface area contributed by atoms with E-state index in [9.17, 15) is 0 Å². The fourth-order valence-electron chi connectivity index (χ4n) is 1.74. The van der Waals surface area contributed by atoms with Gasteiger partial charge in [0.2, 0.25) is 0 Å². The molecule has 0 saturated heterocycles. The number of hydrogen-bond acceptors (Lipinski definition) is 3. The number of anilines is 1. The zero-order valence-corrected chi connectivity index (χ0v) is 12.1. The van der Waals surface area contributed by atoms with Crippen LogP contribution in [0.1, 0.15) is 12.5 Å². The summed E-state index contributed by atoms with van der Waals surface area (Å²) < 4.78 is 0. The van der Waals surface area contributed by atoms with E-state index >= 15 is 0 Å². The summed E-state index contributed by atoms with van der Waals surface area (Å²) in [6.07, 6.45) is 1.77. The van der Waals surface area contributed by atoms with E-state index in [2.05, 4.69) is 16.9 Å². The van der Waals surface area contributed by atoms with Gasteiger partial charge in [-0.1, -0.05) is 54.1 Å². The summed E-state index contributed by atoms with van der Waals surface area (Å²) in [6, 6.07) is 17.5. The number of hydrogen-bond donors (Lipinski definition) is 3. The van der Waals surface area contributed by atoms with Crippen LogP contribution in [0.15, 0.2) is 60.2 Å². The summed E-state index contributed by atoms with van der Waals surface area (Å²) >= 11 is 5.92. The maximum absolute atomic E-state index is 6.08. The highest BCUT2D eigenvalue weighted by atomic mass is 35.5. The molecule has 0 aliphatic carbocycles. The summed E-state index contributed by atoms with van der Waals surface area (Å²) in [5.41, 5.74) is 15.2. The average Bonchev–Trinajstić information content (AvgIpc) is 2.46. The molecule has 4 heteroatoms. The predicted octanol–water partition coefficient (Wildman–Crippen LogP) is 3.64. The molecule has 0 spiro atoms. The van der Waals surface area contributed by atoms with Gasteiger partial charge in [0.15, 0.2) is 0 Å². The molecule has 0 aromatic heterocycles. The molecular formula is C16H18ClN3. The maximum atomic E-state index is 6.08. The van der Waals surface area contributed by atoms with E-state index in [0.717, 1.165) is 16.8 Å². The van der Waals surface area contributed by atoms with E-state index in [1.54, 1.807) is 0 Å². The summed E-state index contributed by atoms with van der Waals surface area (Å²) in [7, 11) is 0. The van der Waals surface area contributed by atoms with Crippen LogP contribution >= 0.6 is 11.6 Å². The molecule has 0 saturated carbocycles. The second-order valence-corrected chi connectivity index (χ2v) is 4.99. The molecule has 1 atom stereocenters. The van der Waals surface area contributed by atoms with Crippen molar-refractivity contribution in [3.05, 3.63) is 70.8 Å². The summed E-state index contributed by atoms with van der Waals surface area (Å²) in [6.45, 7) is 1.99. The highest BCUT2D eigenvalue weighted by Gasteiger charge is 2.03. The standard InChI is InChI=1S/C16H18ClN3/c1-12(10-13-6-3-2-4-7-13)16(18)20-19-15-9-5-8-14(17)11-15/h2-11,16,19-20H,18H2,1H3/b12-10-. The summed E-state index contributed by atoms with van der Waals surface area (Å²) in [4.78, 5) is 0. The first-order valence-corrected chi connectivity index (χ1v) is 6.79. The Balaban J connectivity index is 1.94. The molecule has 0 heterocycles. The van der Waals surface area contributed by atoms with E-state index in [0.29, 0.717) is 5.02 Å². The van der Waals surface area contributed by atoms with Gasteiger partial charge in [0.25, 0.3) is 0 Å². The van der Waals surface area contributed by atoms with Crippen LogP contribution in [-0.4, -0.2) is 6.17 Å². The molecule has 3 nitrogen and oxygen atoms in total. The third-order valence-corrected chi connectivity index (χ3v) is 3.12. The van der Waals surface area contributed by atoms with Crippen LogP contribution in [0.5, 0.6) is 0 Å². The van der Waals surface area contributed by atoms with Crippen LogP contribution in [0, 0.1) is 0 Å². The minimum atomic E-state index is -0.283. The van der Waals surface area contributed by atoms with Crippen LogP contribution < -0.4 is 16.6 Å². The lowest BCUT2D eigenvalue weighted by atomic mass is 10.1. The van der Waals surface area contributed by atoms with Crippen molar-refractivity contribution in [1.82, 2.24) is 5.43 Å². The lowest BCUT2D eigenvalue weighted by molar-refractivity contribution is 0.659. The van der Waals surface area contributed by atoms with Crippen molar-refractivity contribution in [2.75, 3.05) is 5.43 Å². The zero-order chi connectivity index (χ0) is 14.4. The van der Waals surface area contributed by atoms with Crippen LogP contribution in [0.2, 0.25) is 5.02 Å². The van der Waals surface area contributed by atoms with Crippen molar-refractivity contribution < 1.29 is 0 Å². The van der Waals surface area contributed by atoms with Gasteiger partial charge in [-0.15, -0.1) is 0 Å². The molecule has 0 amide bonds. The van der Waals surface area contributed by atoms with Crippen molar-refractivity contribution in [2.45, 2.75) is 13.1 Å². The van der Waals surface area contributed by atoms with E-state index < -0.39 is 0 Å². The lowest BCUT2D eigenvalue weighted by Gasteiger charge is -2.16. The minimum absolute atomic E-state index is 0.283. The van der Waals surface area contributed by atoms with E-state index in [1.807, 2.05) is 61.5 Å². The molecule has 0 radical (unpaired) electrons. The molecule has 0 bridgehead atoms. The Morgan fingerprint density at radius 2 is 1.90 bits per heavy atom. The maximum Gasteiger partial charge on any atom is 0.0942 e. The number of benzene rings is 2. The van der Waals surface area contributed by atoms with E-state index in [1.165, 1.54) is 0 Å². The van der Waals surface area contributed by atoms with Gasteiger partial charge in [-0.2, -0.15) is 0 Å². The monoisotopic (exact) mass is 287 g/mol. The Hall–Kier alpha value is -1.81. The normalized spacial score (nSPS) is 13.1. The molecule has 20 heavy (non-hydrogen) atoms. The van der Waals surface area contributed by atoms with E-state index in [4.69, 9.17) is 17.3 Å². The number of nitrogens with one attached hydrogen (secondary N) is 2. The van der Waals surface area contributed by atoms with Gasteiger partial charge in [-0.3, -0.25) is 0 Å². The Morgan fingerprint density at radius 1 is 1.15 bits per heavy atom. The molecule has 0 fully saturated rings. The Morgan fingerprint density at radius 3 is 2.60 bits per heavy atom. The zero-order valence-electron chi connectivity index (χ0n) is 11.3. The molecule has 0 aliphatic rings. The molecular weight excluding hydrogens is 270 g/mol. The molecule has 0 aliphatic heterocycles. The second kappa shape index (κ2) is 7.10. The summed E-state index contributed by atoms with van der Waals surface area (Å²) in [5.74, 6) is 0. The number of rotatable bonds is 5. The van der Waals surface area contributed by atoms with Gasteiger partial charge < -0.3 is 11.2 Å². The minimum Gasteiger partial charge on any atom is -0.320 e. The smallest absolute Gasteiger partial charge is 0.0942 e. The van der Waals surface area contributed by atoms with Crippen molar-refractivity contribution in [2.24, 2.45) is 5.73 Å². The highest BCUT2D eigenvalue weighted by molar-refractivity contribution is 6.30. The van der Waals surface area contributed by atoms with Gasteiger partial charge in [0.05, 0.1) is 11.9 Å². The van der Waals surface area contributed by atoms with Crippen molar-refractivity contribution in [3.63, 3.8) is 0 Å². The quantitative estimate of drug-likeness (QED) is 0.581. The average molecular weight is 288 g/mol. The Bertz CT molecular complexity index is 581. The van der Waals surface area contributed by atoms with Gasteiger partial charge in [-0.05, 0) is 36.3 Å².